The Labute approximate surface area is 189 Å². The number of nitro groups is 1. The number of non-ortho nitro benzene ring substituents is 1. The molecular weight excluding hydrogens is 430 g/mol. The van der Waals surface area contributed by atoms with Crippen molar-refractivity contribution in [1.82, 2.24) is 4.98 Å². The number of nitro benzene ring substituents is 1. The molecule has 0 spiro atoms. The second-order valence-corrected chi connectivity index (χ2v) is 8.81. The van der Waals surface area contributed by atoms with Gasteiger partial charge in [-0.05, 0) is 47.4 Å². The molecule has 4 rings (SSSR count). The Balaban J connectivity index is 1.59. The molecule has 1 N–H and O–H groups in total. The van der Waals surface area contributed by atoms with Gasteiger partial charge in [0.15, 0.2) is 5.58 Å². The maximum absolute atomic E-state index is 12.6. The Hall–Kier alpha value is -3.71. The van der Waals surface area contributed by atoms with Gasteiger partial charge in [-0.15, -0.1) is 0 Å². The summed E-state index contributed by atoms with van der Waals surface area (Å²) in [5, 5.41) is 13.8. The van der Waals surface area contributed by atoms with Gasteiger partial charge in [-0.2, -0.15) is 0 Å². The number of rotatable bonds is 4. The third-order valence-corrected chi connectivity index (χ3v) is 5.38. The molecule has 1 aromatic heterocycles. The van der Waals surface area contributed by atoms with Crippen LogP contribution in [0.4, 0.5) is 11.4 Å². The molecule has 0 aliphatic rings. The summed E-state index contributed by atoms with van der Waals surface area (Å²) in [5.41, 5.74) is 3.52. The summed E-state index contributed by atoms with van der Waals surface area (Å²) in [6.07, 6.45) is 0. The number of amides is 1. The lowest BCUT2D eigenvalue weighted by Crippen LogP contribution is -2.12. The van der Waals surface area contributed by atoms with E-state index in [1.807, 2.05) is 12.1 Å². The van der Waals surface area contributed by atoms with E-state index in [1.165, 1.54) is 17.7 Å². The second kappa shape index (κ2) is 8.09. The minimum Gasteiger partial charge on any atom is -0.436 e. The molecule has 162 valence electrons. The summed E-state index contributed by atoms with van der Waals surface area (Å²) >= 11 is 6.06. The molecule has 7 nitrogen and oxygen atoms in total. The molecule has 3 aromatic carbocycles. The van der Waals surface area contributed by atoms with Gasteiger partial charge >= 0.3 is 0 Å². The highest BCUT2D eigenvalue weighted by Gasteiger charge is 2.17. The van der Waals surface area contributed by atoms with E-state index in [1.54, 1.807) is 18.2 Å². The summed E-state index contributed by atoms with van der Waals surface area (Å²) in [5.74, 6) is -0.0785. The van der Waals surface area contributed by atoms with Crippen LogP contribution in [0.3, 0.4) is 0 Å². The number of halogens is 1. The molecule has 0 aliphatic carbocycles. The Morgan fingerprint density at radius 3 is 2.44 bits per heavy atom. The van der Waals surface area contributed by atoms with E-state index < -0.39 is 10.8 Å². The fraction of sp³-hybridized carbons (Fsp3) is 0.167. The van der Waals surface area contributed by atoms with Gasteiger partial charge in [-0.3, -0.25) is 14.9 Å². The Morgan fingerprint density at radius 1 is 1.06 bits per heavy atom. The number of aromatic nitrogens is 1. The molecule has 0 saturated carbocycles. The molecular formula is C24H20ClN3O4. The van der Waals surface area contributed by atoms with Gasteiger partial charge < -0.3 is 9.73 Å². The van der Waals surface area contributed by atoms with Gasteiger partial charge in [0.05, 0.1) is 15.5 Å². The molecule has 0 saturated heterocycles. The molecule has 1 heterocycles. The van der Waals surface area contributed by atoms with E-state index in [0.717, 1.165) is 11.6 Å². The average molecular weight is 450 g/mol. The first kappa shape index (κ1) is 21.5. The van der Waals surface area contributed by atoms with Crippen LogP contribution in [0, 0.1) is 10.1 Å². The summed E-state index contributed by atoms with van der Waals surface area (Å²) in [6, 6.07) is 16.8. The van der Waals surface area contributed by atoms with E-state index in [2.05, 4.69) is 43.2 Å². The van der Waals surface area contributed by atoms with E-state index in [-0.39, 0.29) is 21.7 Å². The first-order valence-electron chi connectivity index (χ1n) is 9.88. The third kappa shape index (κ3) is 4.33. The minimum absolute atomic E-state index is 0.0146. The van der Waals surface area contributed by atoms with Gasteiger partial charge in [0, 0.05) is 23.4 Å². The zero-order valence-corrected chi connectivity index (χ0v) is 18.4. The van der Waals surface area contributed by atoms with Gasteiger partial charge in [0.25, 0.3) is 11.6 Å². The van der Waals surface area contributed by atoms with Gasteiger partial charge in [-0.25, -0.2) is 4.98 Å². The molecule has 8 heteroatoms. The number of nitrogens with one attached hydrogen (secondary N) is 1. The monoisotopic (exact) mass is 449 g/mol. The fourth-order valence-electron chi connectivity index (χ4n) is 3.24. The smallest absolute Gasteiger partial charge is 0.270 e. The van der Waals surface area contributed by atoms with Crippen LogP contribution in [0.25, 0.3) is 22.6 Å². The van der Waals surface area contributed by atoms with Crippen molar-refractivity contribution in [3.05, 3.63) is 86.9 Å². The summed E-state index contributed by atoms with van der Waals surface area (Å²) in [7, 11) is 0. The van der Waals surface area contributed by atoms with Crippen LogP contribution in [-0.4, -0.2) is 15.8 Å². The number of nitrogens with zero attached hydrogens (tertiary/aromatic N) is 2. The van der Waals surface area contributed by atoms with Crippen LogP contribution < -0.4 is 5.32 Å². The molecule has 0 aliphatic heterocycles. The van der Waals surface area contributed by atoms with Crippen LogP contribution >= 0.6 is 11.6 Å². The molecule has 0 radical (unpaired) electrons. The highest BCUT2D eigenvalue weighted by Crippen LogP contribution is 2.29. The first-order valence-corrected chi connectivity index (χ1v) is 10.3. The van der Waals surface area contributed by atoms with Crippen molar-refractivity contribution >= 4 is 40.0 Å². The zero-order chi connectivity index (χ0) is 23.0. The molecule has 32 heavy (non-hydrogen) atoms. The predicted molar refractivity (Wildman–Crippen MR) is 124 cm³/mol. The largest absolute Gasteiger partial charge is 0.436 e. The molecule has 4 aromatic rings. The highest BCUT2D eigenvalue weighted by molar-refractivity contribution is 6.34. The van der Waals surface area contributed by atoms with Crippen molar-refractivity contribution < 1.29 is 14.1 Å². The van der Waals surface area contributed by atoms with E-state index in [4.69, 9.17) is 16.0 Å². The van der Waals surface area contributed by atoms with Crippen LogP contribution in [0.1, 0.15) is 36.7 Å². The normalized spacial score (nSPS) is 11.5. The second-order valence-electron chi connectivity index (χ2n) is 8.40. The predicted octanol–water partition coefficient (Wildman–Crippen LogP) is 6.61. The first-order chi connectivity index (χ1) is 15.1. The van der Waals surface area contributed by atoms with Gasteiger partial charge in [0.2, 0.25) is 5.89 Å². The van der Waals surface area contributed by atoms with Crippen LogP contribution in [-0.2, 0) is 5.41 Å². The van der Waals surface area contributed by atoms with Crippen molar-refractivity contribution in [2.75, 3.05) is 5.32 Å². The van der Waals surface area contributed by atoms with Crippen molar-refractivity contribution in [2.24, 2.45) is 0 Å². The van der Waals surface area contributed by atoms with Gasteiger partial charge in [0.1, 0.15) is 5.52 Å². The average Bonchev–Trinajstić information content (AvgIpc) is 3.16. The number of fused-ring (bicyclic) bond motifs is 1. The van der Waals surface area contributed by atoms with E-state index in [0.29, 0.717) is 22.7 Å². The zero-order valence-electron chi connectivity index (χ0n) is 17.7. The molecule has 0 fully saturated rings. The molecule has 1 amide bonds. The van der Waals surface area contributed by atoms with Crippen molar-refractivity contribution in [3.8, 4) is 11.5 Å². The van der Waals surface area contributed by atoms with Crippen LogP contribution in [0.15, 0.2) is 65.1 Å². The maximum Gasteiger partial charge on any atom is 0.270 e. The minimum atomic E-state index is -0.579. The quantitative estimate of drug-likeness (QED) is 0.279. The van der Waals surface area contributed by atoms with Crippen molar-refractivity contribution in [3.63, 3.8) is 0 Å². The van der Waals surface area contributed by atoms with E-state index >= 15 is 0 Å². The number of benzene rings is 3. The number of carbonyl (C=O) groups is 1. The van der Waals surface area contributed by atoms with Crippen LogP contribution in [0.5, 0.6) is 0 Å². The van der Waals surface area contributed by atoms with Crippen molar-refractivity contribution in [1.29, 1.82) is 0 Å². The lowest BCUT2D eigenvalue weighted by Gasteiger charge is -2.18. The topological polar surface area (TPSA) is 98.3 Å². The lowest BCUT2D eigenvalue weighted by atomic mass is 9.87. The highest BCUT2D eigenvalue weighted by atomic mass is 35.5. The summed E-state index contributed by atoms with van der Waals surface area (Å²) in [6.45, 7) is 6.45. The molecule has 0 atom stereocenters. The Bertz CT molecular complexity index is 1340. The van der Waals surface area contributed by atoms with Crippen LogP contribution in [0.2, 0.25) is 5.02 Å². The summed E-state index contributed by atoms with van der Waals surface area (Å²) < 4.78 is 5.87. The summed E-state index contributed by atoms with van der Waals surface area (Å²) in [4.78, 5) is 27.6. The Morgan fingerprint density at radius 2 is 1.78 bits per heavy atom. The van der Waals surface area contributed by atoms with Crippen molar-refractivity contribution in [2.45, 2.75) is 26.2 Å². The van der Waals surface area contributed by atoms with E-state index in [9.17, 15) is 14.9 Å². The SMILES string of the molecule is CC(C)(C)c1ccc(-c2nc3cc(NC(=O)c4cc([N+](=O)[O-])ccc4Cl)ccc3o2)cc1. The van der Waals surface area contributed by atoms with Gasteiger partial charge in [-0.1, -0.05) is 44.5 Å². The number of carbonyl (C=O) groups excluding carboxylic acids is 1. The number of anilines is 1. The Kier molecular flexibility index (Phi) is 5.44. The number of oxazole rings is 1. The molecule has 0 unspecified atom stereocenters. The number of hydrogen-bond acceptors (Lipinski definition) is 5. The fourth-order valence-corrected chi connectivity index (χ4v) is 3.44. The maximum atomic E-state index is 12.6. The number of hydrogen-bond donors (Lipinski definition) is 1. The molecule has 0 bridgehead atoms. The third-order valence-electron chi connectivity index (χ3n) is 5.05. The lowest BCUT2D eigenvalue weighted by molar-refractivity contribution is -0.384. The standard InChI is InChI=1S/C24H20ClN3O4/c1-24(2,3)15-6-4-14(5-7-15)23-27-20-12-16(8-11-21(20)32-23)26-22(29)18-13-17(28(30)31)9-10-19(18)25/h4-13H,1-3H3,(H,26,29).